The molecule has 1 aliphatic rings. The van der Waals surface area contributed by atoms with Crippen molar-refractivity contribution in [2.45, 2.75) is 44.4 Å². The van der Waals surface area contributed by atoms with Crippen LogP contribution in [-0.4, -0.2) is 17.7 Å². The summed E-state index contributed by atoms with van der Waals surface area (Å²) in [7, 11) is 0. The van der Waals surface area contributed by atoms with Gasteiger partial charge >= 0.3 is 0 Å². The standard InChI is InChI=1S/C7H17N3/c1-5(8)7(3-4-7)10-6(2)9/h5-6,10H,3-4,8-9H2,1-2H3. The second-order valence-corrected chi connectivity index (χ2v) is 3.38. The number of hydrogen-bond acceptors (Lipinski definition) is 3. The molecule has 1 rings (SSSR count). The van der Waals surface area contributed by atoms with Crippen molar-refractivity contribution in [3.05, 3.63) is 0 Å². The maximum Gasteiger partial charge on any atom is 0.0521 e. The van der Waals surface area contributed by atoms with E-state index in [0.717, 1.165) is 0 Å². The number of rotatable bonds is 3. The van der Waals surface area contributed by atoms with Crippen LogP contribution in [0.4, 0.5) is 0 Å². The summed E-state index contributed by atoms with van der Waals surface area (Å²) >= 11 is 0. The van der Waals surface area contributed by atoms with Crippen molar-refractivity contribution in [2.24, 2.45) is 11.5 Å². The van der Waals surface area contributed by atoms with E-state index >= 15 is 0 Å². The smallest absolute Gasteiger partial charge is 0.0521 e. The summed E-state index contributed by atoms with van der Waals surface area (Å²) in [6.45, 7) is 3.98. The summed E-state index contributed by atoms with van der Waals surface area (Å²) in [6, 6.07) is 0.221. The quantitative estimate of drug-likeness (QED) is 0.478. The summed E-state index contributed by atoms with van der Waals surface area (Å²) in [6.07, 6.45) is 2.41. The van der Waals surface area contributed by atoms with E-state index in [1.165, 1.54) is 12.8 Å². The Morgan fingerprint density at radius 2 is 1.80 bits per heavy atom. The molecule has 0 aromatic carbocycles. The Morgan fingerprint density at radius 3 is 1.90 bits per heavy atom. The zero-order valence-corrected chi connectivity index (χ0v) is 6.72. The van der Waals surface area contributed by atoms with Crippen molar-refractivity contribution < 1.29 is 0 Å². The Morgan fingerprint density at radius 1 is 1.30 bits per heavy atom. The molecule has 1 aliphatic carbocycles. The first-order chi connectivity index (χ1) is 4.57. The van der Waals surface area contributed by atoms with Gasteiger partial charge in [0.15, 0.2) is 0 Å². The highest BCUT2D eigenvalue weighted by atomic mass is 15.1. The van der Waals surface area contributed by atoms with E-state index in [9.17, 15) is 0 Å². The first-order valence-corrected chi connectivity index (χ1v) is 3.86. The molecule has 5 N–H and O–H groups in total. The van der Waals surface area contributed by atoms with Gasteiger partial charge in [-0.3, -0.25) is 5.32 Å². The molecule has 0 heterocycles. The Balaban J connectivity index is 2.38. The predicted octanol–water partition coefficient (Wildman–Crippen LogP) is -0.239. The van der Waals surface area contributed by atoms with Crippen LogP contribution in [0.1, 0.15) is 26.7 Å². The Hall–Kier alpha value is -0.120. The lowest BCUT2D eigenvalue weighted by atomic mass is 10.1. The number of nitrogens with one attached hydrogen (secondary N) is 1. The molecule has 0 amide bonds. The van der Waals surface area contributed by atoms with Gasteiger partial charge < -0.3 is 11.5 Å². The van der Waals surface area contributed by atoms with Crippen molar-refractivity contribution in [1.82, 2.24) is 5.32 Å². The van der Waals surface area contributed by atoms with Gasteiger partial charge in [0.25, 0.3) is 0 Å². The summed E-state index contributed by atoms with van der Waals surface area (Å²) < 4.78 is 0. The Bertz CT molecular complexity index is 116. The first-order valence-electron chi connectivity index (χ1n) is 3.86. The van der Waals surface area contributed by atoms with Gasteiger partial charge in [0.05, 0.1) is 6.17 Å². The van der Waals surface area contributed by atoms with Gasteiger partial charge in [-0.25, -0.2) is 0 Å². The molecule has 2 unspecified atom stereocenters. The number of nitrogens with two attached hydrogens (primary N) is 2. The summed E-state index contributed by atoms with van der Waals surface area (Å²) in [5.41, 5.74) is 11.5. The van der Waals surface area contributed by atoms with Crippen molar-refractivity contribution in [3.63, 3.8) is 0 Å². The average molecular weight is 143 g/mol. The molecule has 60 valence electrons. The van der Waals surface area contributed by atoms with Crippen LogP contribution in [0.5, 0.6) is 0 Å². The molecular formula is C7H17N3. The van der Waals surface area contributed by atoms with Crippen LogP contribution in [0.25, 0.3) is 0 Å². The molecule has 0 aromatic heterocycles. The van der Waals surface area contributed by atoms with E-state index in [2.05, 4.69) is 5.32 Å². The molecule has 1 saturated carbocycles. The van der Waals surface area contributed by atoms with E-state index < -0.39 is 0 Å². The van der Waals surface area contributed by atoms with Crippen LogP contribution in [-0.2, 0) is 0 Å². The van der Waals surface area contributed by atoms with Gasteiger partial charge in [0.1, 0.15) is 0 Å². The fourth-order valence-corrected chi connectivity index (χ4v) is 1.32. The van der Waals surface area contributed by atoms with E-state index in [1.54, 1.807) is 0 Å². The number of hydrogen-bond donors (Lipinski definition) is 3. The van der Waals surface area contributed by atoms with Crippen LogP contribution >= 0.6 is 0 Å². The van der Waals surface area contributed by atoms with E-state index in [1.807, 2.05) is 13.8 Å². The molecular weight excluding hydrogens is 126 g/mol. The molecule has 2 atom stereocenters. The van der Waals surface area contributed by atoms with Crippen molar-refractivity contribution in [3.8, 4) is 0 Å². The summed E-state index contributed by atoms with van der Waals surface area (Å²) in [5.74, 6) is 0. The lowest BCUT2D eigenvalue weighted by Gasteiger charge is -2.23. The maximum atomic E-state index is 5.76. The monoisotopic (exact) mass is 143 g/mol. The van der Waals surface area contributed by atoms with Gasteiger partial charge in [-0.05, 0) is 26.7 Å². The summed E-state index contributed by atoms with van der Waals surface area (Å²) in [4.78, 5) is 0. The van der Waals surface area contributed by atoms with Gasteiger partial charge in [0.2, 0.25) is 0 Å². The molecule has 3 nitrogen and oxygen atoms in total. The molecule has 0 radical (unpaired) electrons. The van der Waals surface area contributed by atoms with Crippen LogP contribution in [0, 0.1) is 0 Å². The highest BCUT2D eigenvalue weighted by molar-refractivity contribution is 5.08. The van der Waals surface area contributed by atoms with Gasteiger partial charge in [0, 0.05) is 11.6 Å². The summed E-state index contributed by atoms with van der Waals surface area (Å²) in [5, 5.41) is 3.28. The second kappa shape index (κ2) is 2.49. The van der Waals surface area contributed by atoms with E-state index in [4.69, 9.17) is 11.5 Å². The van der Waals surface area contributed by atoms with E-state index in [0.29, 0.717) is 0 Å². The first kappa shape index (κ1) is 7.98. The van der Waals surface area contributed by atoms with Gasteiger partial charge in [-0.15, -0.1) is 0 Å². The minimum absolute atomic E-state index is 0.0634. The van der Waals surface area contributed by atoms with Crippen molar-refractivity contribution >= 4 is 0 Å². The fourth-order valence-electron chi connectivity index (χ4n) is 1.32. The van der Waals surface area contributed by atoms with Crippen LogP contribution in [0.3, 0.4) is 0 Å². The Kier molecular flexibility index (Phi) is 1.99. The molecule has 0 saturated heterocycles. The SMILES string of the molecule is CC(N)NC1(C(C)N)CC1. The normalized spacial score (nSPS) is 27.6. The molecule has 3 heteroatoms. The Labute approximate surface area is 62.2 Å². The van der Waals surface area contributed by atoms with Gasteiger partial charge in [-0.1, -0.05) is 0 Å². The molecule has 0 bridgehead atoms. The van der Waals surface area contributed by atoms with Crippen molar-refractivity contribution in [1.29, 1.82) is 0 Å². The van der Waals surface area contributed by atoms with Gasteiger partial charge in [-0.2, -0.15) is 0 Å². The van der Waals surface area contributed by atoms with E-state index in [-0.39, 0.29) is 17.7 Å². The minimum atomic E-state index is 0.0634. The highest BCUT2D eigenvalue weighted by Crippen LogP contribution is 2.37. The third-order valence-electron chi connectivity index (χ3n) is 2.18. The molecule has 1 fully saturated rings. The third-order valence-corrected chi connectivity index (χ3v) is 2.18. The van der Waals surface area contributed by atoms with Crippen LogP contribution < -0.4 is 16.8 Å². The highest BCUT2D eigenvalue weighted by Gasteiger charge is 2.45. The second-order valence-electron chi connectivity index (χ2n) is 3.38. The predicted molar refractivity (Wildman–Crippen MR) is 42.4 cm³/mol. The minimum Gasteiger partial charge on any atom is -0.326 e. The zero-order valence-electron chi connectivity index (χ0n) is 6.72. The average Bonchev–Trinajstić information content (AvgIpc) is 2.46. The molecule has 0 spiro atoms. The zero-order chi connectivity index (χ0) is 7.78. The lowest BCUT2D eigenvalue weighted by molar-refractivity contribution is 0.386. The van der Waals surface area contributed by atoms with Crippen molar-refractivity contribution in [2.75, 3.05) is 0 Å². The fraction of sp³-hybridized carbons (Fsp3) is 1.00. The molecule has 0 aromatic rings. The largest absolute Gasteiger partial charge is 0.326 e. The third kappa shape index (κ3) is 1.48. The lowest BCUT2D eigenvalue weighted by Crippen LogP contribution is -2.52. The molecule has 10 heavy (non-hydrogen) atoms. The maximum absolute atomic E-state index is 5.76. The van der Waals surface area contributed by atoms with Crippen LogP contribution in [0.15, 0.2) is 0 Å². The van der Waals surface area contributed by atoms with Crippen LogP contribution in [0.2, 0.25) is 0 Å². The topological polar surface area (TPSA) is 64.1 Å². The molecule has 0 aliphatic heterocycles.